The van der Waals surface area contributed by atoms with Crippen LogP contribution < -0.4 is 20.3 Å². The van der Waals surface area contributed by atoms with Gasteiger partial charge in [-0.3, -0.25) is 4.79 Å². The quantitative estimate of drug-likeness (QED) is 0.417. The van der Waals surface area contributed by atoms with E-state index in [-0.39, 0.29) is 17.7 Å². The highest BCUT2D eigenvalue weighted by atomic mass is 19.1. The van der Waals surface area contributed by atoms with Crippen molar-refractivity contribution >= 4 is 23.2 Å². The van der Waals surface area contributed by atoms with E-state index in [1.54, 1.807) is 18.5 Å². The Kier molecular flexibility index (Phi) is 8.03. The van der Waals surface area contributed by atoms with Gasteiger partial charge in [0.05, 0.1) is 7.11 Å². The number of piperazine rings is 1. The van der Waals surface area contributed by atoms with Crippen LogP contribution in [-0.2, 0) is 12.8 Å². The molecule has 5 rings (SSSR count). The van der Waals surface area contributed by atoms with Gasteiger partial charge in [-0.2, -0.15) is 0 Å². The first-order valence-electron chi connectivity index (χ1n) is 13.3. The fraction of sp³-hybridized carbons (Fsp3) is 0.414. The number of carbonyl (C=O) groups is 1. The summed E-state index contributed by atoms with van der Waals surface area (Å²) >= 11 is 0. The Bertz CT molecular complexity index is 1240. The van der Waals surface area contributed by atoms with Crippen molar-refractivity contribution in [1.82, 2.24) is 20.2 Å². The molecule has 2 fully saturated rings. The van der Waals surface area contributed by atoms with Gasteiger partial charge in [0.15, 0.2) is 11.6 Å². The number of rotatable bonds is 10. The van der Waals surface area contributed by atoms with Gasteiger partial charge >= 0.3 is 0 Å². The van der Waals surface area contributed by atoms with E-state index in [1.807, 2.05) is 12.1 Å². The highest BCUT2D eigenvalue weighted by molar-refractivity contribution is 5.95. The van der Waals surface area contributed by atoms with Crippen LogP contribution in [0.5, 0.6) is 5.75 Å². The summed E-state index contributed by atoms with van der Waals surface area (Å²) in [6, 6.07) is 11.6. The molecule has 1 aliphatic carbocycles. The van der Waals surface area contributed by atoms with E-state index in [0.717, 1.165) is 56.8 Å². The Hall–Kier alpha value is -3.72. The summed E-state index contributed by atoms with van der Waals surface area (Å²) in [6.45, 7) is 7.58. The Balaban J connectivity index is 1.17. The predicted octanol–water partition coefficient (Wildman–Crippen LogP) is 4.19. The molecule has 0 bridgehead atoms. The van der Waals surface area contributed by atoms with Crippen LogP contribution in [0.1, 0.15) is 41.3 Å². The van der Waals surface area contributed by atoms with Gasteiger partial charge in [-0.25, -0.2) is 14.4 Å². The highest BCUT2D eigenvalue weighted by Crippen LogP contribution is 2.26. The third kappa shape index (κ3) is 6.39. The van der Waals surface area contributed by atoms with Crippen molar-refractivity contribution in [3.8, 4) is 5.75 Å². The molecule has 2 aliphatic rings. The van der Waals surface area contributed by atoms with Gasteiger partial charge in [-0.1, -0.05) is 6.92 Å². The number of likely N-dealkylation sites (N-methyl/N-ethyl adjacent to an activating group) is 1. The first-order chi connectivity index (χ1) is 18.5. The zero-order chi connectivity index (χ0) is 26.5. The molecule has 0 spiro atoms. The molecule has 0 unspecified atom stereocenters. The number of methoxy groups -OCH3 is 1. The molecule has 2 N–H and O–H groups in total. The minimum Gasteiger partial charge on any atom is -0.494 e. The first-order valence-corrected chi connectivity index (χ1v) is 13.3. The highest BCUT2D eigenvalue weighted by Gasteiger charge is 2.25. The van der Waals surface area contributed by atoms with Crippen molar-refractivity contribution in [3.63, 3.8) is 0 Å². The van der Waals surface area contributed by atoms with Gasteiger partial charge in [-0.15, -0.1) is 0 Å². The minimum atomic E-state index is -0.439. The molecule has 2 aromatic carbocycles. The molecule has 8 nitrogen and oxygen atoms in total. The number of hydrogen-bond acceptors (Lipinski definition) is 7. The van der Waals surface area contributed by atoms with Gasteiger partial charge < -0.3 is 25.2 Å². The number of aromatic nitrogens is 2. The monoisotopic (exact) mass is 518 g/mol. The number of carbonyl (C=O) groups excluding carboxylic acids is 1. The number of benzene rings is 2. The van der Waals surface area contributed by atoms with E-state index in [4.69, 9.17) is 4.74 Å². The summed E-state index contributed by atoms with van der Waals surface area (Å²) in [6.07, 6.45) is 6.41. The number of aryl methyl sites for hydroxylation is 2. The second kappa shape index (κ2) is 11.8. The van der Waals surface area contributed by atoms with Gasteiger partial charge in [0, 0.05) is 61.6 Å². The van der Waals surface area contributed by atoms with Crippen LogP contribution in [0.15, 0.2) is 48.8 Å². The number of nitrogens with zero attached hydrogens (tertiary/aromatic N) is 4. The van der Waals surface area contributed by atoms with Crippen molar-refractivity contribution < 1.29 is 13.9 Å². The number of nitrogens with one attached hydrogen (secondary N) is 2. The maximum atomic E-state index is 14.9. The SMILES string of the molecule is CCN1CCN(c2ccc(Nc3ncc(CCc4cc(C(=O)NC5CC5)cc(OC)c4F)cn3)cc2)CC1. The van der Waals surface area contributed by atoms with Crippen LogP contribution >= 0.6 is 0 Å². The van der Waals surface area contributed by atoms with Gasteiger partial charge in [-0.05, 0) is 79.8 Å². The number of ether oxygens (including phenoxy) is 1. The minimum absolute atomic E-state index is 0.0773. The molecule has 2 heterocycles. The van der Waals surface area contributed by atoms with Crippen LogP contribution in [0.4, 0.5) is 21.7 Å². The van der Waals surface area contributed by atoms with E-state index in [0.29, 0.717) is 29.9 Å². The molecular formula is C29H35FN6O2. The normalized spacial score (nSPS) is 15.8. The summed E-state index contributed by atoms with van der Waals surface area (Å²) < 4.78 is 20.1. The molecule has 1 saturated heterocycles. The lowest BCUT2D eigenvalue weighted by atomic mass is 10.0. The van der Waals surface area contributed by atoms with Crippen LogP contribution in [0.2, 0.25) is 0 Å². The lowest BCUT2D eigenvalue weighted by molar-refractivity contribution is 0.0950. The zero-order valence-corrected chi connectivity index (χ0v) is 22.0. The molecule has 1 aliphatic heterocycles. The van der Waals surface area contributed by atoms with E-state index in [2.05, 4.69) is 49.5 Å². The van der Waals surface area contributed by atoms with Gasteiger partial charge in [0.1, 0.15) is 0 Å². The standard InChI is InChI=1S/C29H35FN6O2/c1-3-35-12-14-36(15-13-35)25-10-8-24(9-11-25)34-29-31-18-20(19-32-29)4-5-21-16-22(17-26(38-2)27(21)30)28(37)33-23-6-7-23/h8-11,16-19,23H,3-7,12-15H2,1-2H3,(H,33,37)(H,31,32,34). The van der Waals surface area contributed by atoms with Crippen molar-refractivity contribution in [2.75, 3.05) is 50.1 Å². The maximum absolute atomic E-state index is 14.9. The summed E-state index contributed by atoms with van der Waals surface area (Å²) in [7, 11) is 1.41. The average Bonchev–Trinajstić information content (AvgIpc) is 3.78. The predicted molar refractivity (Wildman–Crippen MR) is 147 cm³/mol. The van der Waals surface area contributed by atoms with Crippen LogP contribution in [-0.4, -0.2) is 66.7 Å². The van der Waals surface area contributed by atoms with Crippen LogP contribution in [0.25, 0.3) is 0 Å². The van der Waals surface area contributed by atoms with E-state index < -0.39 is 5.82 Å². The van der Waals surface area contributed by atoms with Gasteiger partial charge in [0.25, 0.3) is 5.91 Å². The molecule has 1 saturated carbocycles. The summed E-state index contributed by atoms with van der Waals surface area (Å²) in [4.78, 5) is 26.2. The molecule has 200 valence electrons. The molecular weight excluding hydrogens is 483 g/mol. The molecule has 0 atom stereocenters. The van der Waals surface area contributed by atoms with E-state index in [9.17, 15) is 9.18 Å². The fourth-order valence-electron chi connectivity index (χ4n) is 4.65. The maximum Gasteiger partial charge on any atom is 0.251 e. The third-order valence-corrected chi connectivity index (χ3v) is 7.21. The number of hydrogen-bond donors (Lipinski definition) is 2. The van der Waals surface area contributed by atoms with Crippen molar-refractivity contribution in [1.29, 1.82) is 0 Å². The molecule has 9 heteroatoms. The zero-order valence-electron chi connectivity index (χ0n) is 22.0. The Morgan fingerprint density at radius 2 is 1.76 bits per heavy atom. The van der Waals surface area contributed by atoms with E-state index in [1.165, 1.54) is 18.9 Å². The lowest BCUT2D eigenvalue weighted by Gasteiger charge is -2.35. The largest absolute Gasteiger partial charge is 0.494 e. The third-order valence-electron chi connectivity index (χ3n) is 7.21. The Morgan fingerprint density at radius 1 is 1.05 bits per heavy atom. The number of amides is 1. The van der Waals surface area contributed by atoms with Crippen molar-refractivity contribution in [2.45, 2.75) is 38.6 Å². The lowest BCUT2D eigenvalue weighted by Crippen LogP contribution is -2.46. The summed E-state index contributed by atoms with van der Waals surface area (Å²) in [5, 5.41) is 6.19. The topological polar surface area (TPSA) is 82.6 Å². The fourth-order valence-corrected chi connectivity index (χ4v) is 4.65. The molecule has 3 aromatic rings. The van der Waals surface area contributed by atoms with Crippen molar-refractivity contribution in [3.05, 3.63) is 71.3 Å². The average molecular weight is 519 g/mol. The molecule has 1 amide bonds. The summed E-state index contributed by atoms with van der Waals surface area (Å²) in [5.41, 5.74) is 3.87. The number of anilines is 3. The van der Waals surface area contributed by atoms with Crippen LogP contribution in [0.3, 0.4) is 0 Å². The molecule has 38 heavy (non-hydrogen) atoms. The smallest absolute Gasteiger partial charge is 0.251 e. The first kappa shape index (κ1) is 25.9. The Labute approximate surface area is 223 Å². The molecule has 1 aromatic heterocycles. The van der Waals surface area contributed by atoms with Crippen LogP contribution in [0, 0.1) is 5.82 Å². The second-order valence-corrected chi connectivity index (χ2v) is 9.91. The van der Waals surface area contributed by atoms with Gasteiger partial charge in [0.2, 0.25) is 5.95 Å². The Morgan fingerprint density at radius 3 is 2.39 bits per heavy atom. The molecule has 0 radical (unpaired) electrons. The van der Waals surface area contributed by atoms with Crippen molar-refractivity contribution in [2.24, 2.45) is 0 Å². The second-order valence-electron chi connectivity index (χ2n) is 9.91. The summed E-state index contributed by atoms with van der Waals surface area (Å²) in [5.74, 6) is -0.0542. The number of halogens is 1. The van der Waals surface area contributed by atoms with E-state index >= 15 is 0 Å².